The van der Waals surface area contributed by atoms with Crippen molar-refractivity contribution in [1.29, 1.82) is 0 Å². The van der Waals surface area contributed by atoms with Gasteiger partial charge in [0.05, 0.1) is 0 Å². The van der Waals surface area contributed by atoms with Crippen molar-refractivity contribution in [2.24, 2.45) is 0 Å². The minimum absolute atomic E-state index is 0.332. The van der Waals surface area contributed by atoms with E-state index in [-0.39, 0.29) is 0 Å². The second-order valence-corrected chi connectivity index (χ2v) is 11.8. The molecule has 4 nitrogen and oxygen atoms in total. The van der Waals surface area contributed by atoms with Crippen molar-refractivity contribution in [3.8, 4) is 0 Å². The van der Waals surface area contributed by atoms with Gasteiger partial charge in [-0.25, -0.2) is 0 Å². The van der Waals surface area contributed by atoms with Crippen LogP contribution in [0.1, 0.15) is 206 Å². The van der Waals surface area contributed by atoms with Gasteiger partial charge in [0.15, 0.2) is 0 Å². The van der Waals surface area contributed by atoms with Crippen molar-refractivity contribution >= 4 is 11.9 Å². The van der Waals surface area contributed by atoms with E-state index in [4.69, 9.17) is 10.2 Å². The van der Waals surface area contributed by atoms with Gasteiger partial charge in [-0.05, 0) is 38.5 Å². The maximum atomic E-state index is 10.3. The van der Waals surface area contributed by atoms with E-state index in [1.54, 1.807) is 0 Å². The Morgan fingerprint density at radius 2 is 0.600 bits per heavy atom. The number of carboxylic acid groups (broad SMARTS) is 2. The van der Waals surface area contributed by atoms with Gasteiger partial charge in [0, 0.05) is 12.8 Å². The molecule has 0 fully saturated rings. The number of rotatable bonds is 31. The number of unbranched alkanes of at least 4 members (excludes halogenated alkanes) is 25. The van der Waals surface area contributed by atoms with Crippen molar-refractivity contribution in [1.82, 2.24) is 0 Å². The zero-order valence-corrected chi connectivity index (χ0v) is 27.1. The number of aliphatic carboxylic acids is 2. The average Bonchev–Trinajstić information content (AvgIpc) is 2.93. The second-order valence-electron chi connectivity index (χ2n) is 11.8. The number of hydrogen-bond donors (Lipinski definition) is 2. The lowest BCUT2D eigenvalue weighted by Gasteiger charge is -2.03. The van der Waals surface area contributed by atoms with Crippen LogP contribution >= 0.6 is 0 Å². The lowest BCUT2D eigenvalue weighted by Crippen LogP contribution is -1.93. The molecule has 0 bridgehead atoms. The Morgan fingerprint density at radius 1 is 0.375 bits per heavy atom. The van der Waals surface area contributed by atoms with Crippen LogP contribution < -0.4 is 0 Å². The third-order valence-corrected chi connectivity index (χ3v) is 7.65. The Morgan fingerprint density at radius 3 is 0.850 bits per heavy atom. The molecule has 0 unspecified atom stereocenters. The Hall–Kier alpha value is -1.32. The Balaban J connectivity index is 0. The molecular formula is C36H70O4. The largest absolute Gasteiger partial charge is 0.481 e. The minimum Gasteiger partial charge on any atom is -0.481 e. The molecule has 0 atom stereocenters. The first-order chi connectivity index (χ1) is 19.5. The molecule has 0 aliphatic heterocycles. The molecule has 238 valence electrons. The van der Waals surface area contributed by atoms with Gasteiger partial charge in [0.1, 0.15) is 0 Å². The van der Waals surface area contributed by atoms with Gasteiger partial charge >= 0.3 is 11.9 Å². The fraction of sp³-hybridized carbons (Fsp3) is 0.889. The van der Waals surface area contributed by atoms with E-state index in [0.29, 0.717) is 12.8 Å². The van der Waals surface area contributed by atoms with E-state index >= 15 is 0 Å². The Labute approximate surface area is 250 Å². The van der Waals surface area contributed by atoms with Crippen LogP contribution in [0.15, 0.2) is 12.2 Å². The maximum absolute atomic E-state index is 10.3. The molecule has 40 heavy (non-hydrogen) atoms. The predicted octanol–water partition coefficient (Wildman–Crippen LogP) is 12.4. The van der Waals surface area contributed by atoms with Crippen molar-refractivity contribution in [2.45, 2.75) is 206 Å². The van der Waals surface area contributed by atoms with Crippen molar-refractivity contribution in [3.63, 3.8) is 0 Å². The van der Waals surface area contributed by atoms with Gasteiger partial charge in [-0.3, -0.25) is 9.59 Å². The molecule has 0 amide bonds. The van der Waals surface area contributed by atoms with E-state index in [0.717, 1.165) is 25.7 Å². The van der Waals surface area contributed by atoms with Gasteiger partial charge in [-0.2, -0.15) is 0 Å². The summed E-state index contributed by atoms with van der Waals surface area (Å²) in [7, 11) is 0. The normalized spacial score (nSPS) is 11.1. The lowest BCUT2D eigenvalue weighted by molar-refractivity contribution is -0.138. The number of carbonyl (C=O) groups is 2. The molecule has 0 aromatic rings. The SMILES string of the molecule is CCCCCCCCC=CCCCCCCCC(=O)O.CCCCCCCCCCCCCCCCCC(=O)O. The molecule has 0 radical (unpaired) electrons. The molecule has 0 saturated carbocycles. The van der Waals surface area contributed by atoms with E-state index in [2.05, 4.69) is 26.0 Å². The summed E-state index contributed by atoms with van der Waals surface area (Å²) in [4.78, 5) is 20.7. The Kier molecular flexibility index (Phi) is 38.5. The summed E-state index contributed by atoms with van der Waals surface area (Å²) in [5, 5.41) is 17.0. The molecule has 0 rings (SSSR count). The van der Waals surface area contributed by atoms with Crippen molar-refractivity contribution in [3.05, 3.63) is 12.2 Å². The van der Waals surface area contributed by atoms with Crippen LogP contribution in [0.3, 0.4) is 0 Å². The van der Waals surface area contributed by atoms with Crippen LogP contribution in [-0.4, -0.2) is 22.2 Å². The highest BCUT2D eigenvalue weighted by Crippen LogP contribution is 2.14. The van der Waals surface area contributed by atoms with E-state index in [1.165, 1.54) is 154 Å². The molecular weight excluding hydrogens is 496 g/mol. The maximum Gasteiger partial charge on any atom is 0.303 e. The van der Waals surface area contributed by atoms with E-state index in [9.17, 15) is 9.59 Å². The molecule has 2 N–H and O–H groups in total. The predicted molar refractivity (Wildman–Crippen MR) is 174 cm³/mol. The van der Waals surface area contributed by atoms with Gasteiger partial charge in [-0.15, -0.1) is 0 Å². The number of hydrogen-bond acceptors (Lipinski definition) is 2. The lowest BCUT2D eigenvalue weighted by atomic mass is 10.0. The highest BCUT2D eigenvalue weighted by molar-refractivity contribution is 5.66. The monoisotopic (exact) mass is 567 g/mol. The van der Waals surface area contributed by atoms with Gasteiger partial charge < -0.3 is 10.2 Å². The highest BCUT2D eigenvalue weighted by Gasteiger charge is 1.98. The molecule has 0 aromatic heterocycles. The van der Waals surface area contributed by atoms with Crippen molar-refractivity contribution < 1.29 is 19.8 Å². The summed E-state index contributed by atoms with van der Waals surface area (Å²) < 4.78 is 0. The van der Waals surface area contributed by atoms with Crippen LogP contribution in [0.2, 0.25) is 0 Å². The fourth-order valence-electron chi connectivity index (χ4n) is 4.99. The summed E-state index contributed by atoms with van der Waals surface area (Å²) in [6, 6.07) is 0. The first kappa shape index (κ1) is 40.8. The smallest absolute Gasteiger partial charge is 0.303 e. The van der Waals surface area contributed by atoms with Crippen LogP contribution in [-0.2, 0) is 9.59 Å². The first-order valence-corrected chi connectivity index (χ1v) is 17.6. The third-order valence-electron chi connectivity index (χ3n) is 7.65. The fourth-order valence-corrected chi connectivity index (χ4v) is 4.99. The Bertz CT molecular complexity index is 529. The molecule has 0 aliphatic carbocycles. The minimum atomic E-state index is -0.664. The zero-order chi connectivity index (χ0) is 29.8. The second kappa shape index (κ2) is 37.7. The van der Waals surface area contributed by atoms with E-state index < -0.39 is 11.9 Å². The van der Waals surface area contributed by atoms with Crippen LogP contribution in [0.5, 0.6) is 0 Å². The van der Waals surface area contributed by atoms with Crippen LogP contribution in [0, 0.1) is 0 Å². The molecule has 4 heteroatoms. The first-order valence-electron chi connectivity index (χ1n) is 17.6. The quantitative estimate of drug-likeness (QED) is 0.0646. The topological polar surface area (TPSA) is 74.6 Å². The molecule has 0 heterocycles. The summed E-state index contributed by atoms with van der Waals surface area (Å²) in [5.41, 5.74) is 0. The standard InChI is InChI=1S/C18H36O2.C18H34O2/c2*1-2-3-4-5-6-7-8-9-10-11-12-13-14-15-16-17-18(19)20/h2-17H2,1H3,(H,19,20);9-10H,2-8,11-17H2,1H3,(H,19,20). The summed E-state index contributed by atoms with van der Waals surface area (Å²) in [6.45, 7) is 4.53. The molecule has 0 aliphatic rings. The summed E-state index contributed by atoms with van der Waals surface area (Å²) >= 11 is 0. The van der Waals surface area contributed by atoms with Gasteiger partial charge in [0.2, 0.25) is 0 Å². The van der Waals surface area contributed by atoms with Crippen LogP contribution in [0.4, 0.5) is 0 Å². The molecule has 0 saturated heterocycles. The molecule has 0 aromatic carbocycles. The summed E-state index contributed by atoms with van der Waals surface area (Å²) in [5.74, 6) is -1.32. The van der Waals surface area contributed by atoms with Crippen LogP contribution in [0.25, 0.3) is 0 Å². The van der Waals surface area contributed by atoms with Gasteiger partial charge in [-0.1, -0.05) is 167 Å². The number of allylic oxidation sites excluding steroid dienone is 2. The van der Waals surface area contributed by atoms with Gasteiger partial charge in [0.25, 0.3) is 0 Å². The number of carboxylic acids is 2. The third kappa shape index (κ3) is 43.7. The average molecular weight is 567 g/mol. The van der Waals surface area contributed by atoms with E-state index in [1.807, 2.05) is 0 Å². The van der Waals surface area contributed by atoms with Crippen molar-refractivity contribution in [2.75, 3.05) is 0 Å². The molecule has 0 spiro atoms. The zero-order valence-electron chi connectivity index (χ0n) is 27.1. The highest BCUT2D eigenvalue weighted by atomic mass is 16.4. The summed E-state index contributed by atoms with van der Waals surface area (Å²) in [6.07, 6.45) is 41.4.